The zero-order valence-electron chi connectivity index (χ0n) is 11.1. The smallest absolute Gasteiger partial charge is 0.331 e. The van der Waals surface area contributed by atoms with Crippen molar-refractivity contribution in [2.45, 2.75) is 32.2 Å². The lowest BCUT2D eigenvalue weighted by molar-refractivity contribution is -0.132. The third-order valence-electron chi connectivity index (χ3n) is 3.30. The normalized spacial score (nSPS) is 22.4. The Hall–Kier alpha value is -0.870. The third-order valence-corrected chi connectivity index (χ3v) is 3.30. The third kappa shape index (κ3) is 4.48. The predicted molar refractivity (Wildman–Crippen MR) is 69.2 cm³/mol. The minimum atomic E-state index is -0.782. The minimum absolute atomic E-state index is 0.528. The summed E-state index contributed by atoms with van der Waals surface area (Å²) in [6.45, 7) is 4.81. The van der Waals surface area contributed by atoms with Crippen molar-refractivity contribution >= 4 is 5.97 Å². The monoisotopic (exact) mass is 240 g/mol. The van der Waals surface area contributed by atoms with Gasteiger partial charge in [-0.25, -0.2) is 4.79 Å². The van der Waals surface area contributed by atoms with Gasteiger partial charge in [-0.2, -0.15) is 0 Å². The Morgan fingerprint density at radius 3 is 2.76 bits per heavy atom. The molecular weight excluding hydrogens is 216 g/mol. The second kappa shape index (κ2) is 6.77. The Labute approximate surface area is 104 Å². The van der Waals surface area contributed by atoms with E-state index >= 15 is 0 Å². The molecule has 0 aromatic heterocycles. The van der Waals surface area contributed by atoms with Crippen LogP contribution in [0.2, 0.25) is 0 Å². The molecule has 0 saturated carbocycles. The molecule has 17 heavy (non-hydrogen) atoms. The molecule has 4 heteroatoms. The summed E-state index contributed by atoms with van der Waals surface area (Å²) < 4.78 is 0. The summed E-state index contributed by atoms with van der Waals surface area (Å²) in [5.74, 6) is -0.782. The average molecular weight is 240 g/mol. The first-order chi connectivity index (χ1) is 8.04. The van der Waals surface area contributed by atoms with Crippen LogP contribution in [0.5, 0.6) is 0 Å². The summed E-state index contributed by atoms with van der Waals surface area (Å²) in [4.78, 5) is 15.5. The molecular formula is C13H24N2O2. The molecule has 0 aliphatic carbocycles. The Balaban J connectivity index is 2.52. The number of carboxylic acids is 1. The molecule has 1 heterocycles. The van der Waals surface area contributed by atoms with E-state index in [0.29, 0.717) is 18.0 Å². The Morgan fingerprint density at radius 1 is 1.53 bits per heavy atom. The number of carbonyl (C=O) groups is 1. The van der Waals surface area contributed by atoms with Crippen LogP contribution in [0, 0.1) is 0 Å². The molecule has 4 nitrogen and oxygen atoms in total. The van der Waals surface area contributed by atoms with Gasteiger partial charge in [-0.3, -0.25) is 4.90 Å². The van der Waals surface area contributed by atoms with E-state index in [0.717, 1.165) is 19.6 Å². The molecule has 1 aliphatic rings. The fraction of sp³-hybridized carbons (Fsp3) is 0.769. The van der Waals surface area contributed by atoms with Crippen molar-refractivity contribution in [3.63, 3.8) is 0 Å². The minimum Gasteiger partial charge on any atom is -0.478 e. The molecule has 1 saturated heterocycles. The van der Waals surface area contributed by atoms with E-state index in [1.165, 1.54) is 12.8 Å². The number of nitrogens with zero attached hydrogens (tertiary/aromatic N) is 2. The van der Waals surface area contributed by atoms with Crippen molar-refractivity contribution in [3.8, 4) is 0 Å². The molecule has 0 amide bonds. The van der Waals surface area contributed by atoms with E-state index in [1.54, 1.807) is 0 Å². The SMILES string of the molecule is CCC(=CCN1CCCC1CN(C)C)C(=O)O. The number of likely N-dealkylation sites (N-methyl/N-ethyl adjacent to an activating group) is 1. The second-order valence-corrected chi connectivity index (χ2v) is 4.94. The standard InChI is InChI=1S/C13H24N2O2/c1-4-11(13(16)17)7-9-15-8-5-6-12(15)10-14(2)3/h7,12H,4-6,8-10H2,1-3H3,(H,16,17). The zero-order chi connectivity index (χ0) is 12.8. The summed E-state index contributed by atoms with van der Waals surface area (Å²) in [5, 5.41) is 8.96. The molecule has 1 atom stereocenters. The van der Waals surface area contributed by atoms with Crippen molar-refractivity contribution in [1.29, 1.82) is 0 Å². The average Bonchev–Trinajstić information content (AvgIpc) is 2.65. The van der Waals surface area contributed by atoms with Crippen molar-refractivity contribution in [3.05, 3.63) is 11.6 Å². The van der Waals surface area contributed by atoms with Crippen LogP contribution in [0.4, 0.5) is 0 Å². The summed E-state index contributed by atoms with van der Waals surface area (Å²) >= 11 is 0. The van der Waals surface area contributed by atoms with Gasteiger partial charge in [0.25, 0.3) is 0 Å². The lowest BCUT2D eigenvalue weighted by Gasteiger charge is -2.26. The molecule has 0 spiro atoms. The van der Waals surface area contributed by atoms with Crippen LogP contribution in [0.1, 0.15) is 26.2 Å². The highest BCUT2D eigenvalue weighted by atomic mass is 16.4. The van der Waals surface area contributed by atoms with Gasteiger partial charge < -0.3 is 10.0 Å². The highest BCUT2D eigenvalue weighted by molar-refractivity contribution is 5.86. The number of likely N-dealkylation sites (tertiary alicyclic amines) is 1. The summed E-state index contributed by atoms with van der Waals surface area (Å²) in [6.07, 6.45) is 4.92. The van der Waals surface area contributed by atoms with E-state index in [4.69, 9.17) is 5.11 Å². The van der Waals surface area contributed by atoms with Gasteiger partial charge >= 0.3 is 5.97 Å². The number of carboxylic acid groups (broad SMARTS) is 1. The van der Waals surface area contributed by atoms with Gasteiger partial charge in [0.1, 0.15) is 0 Å². The van der Waals surface area contributed by atoms with E-state index in [-0.39, 0.29) is 0 Å². The van der Waals surface area contributed by atoms with E-state index in [2.05, 4.69) is 23.9 Å². The first-order valence-corrected chi connectivity index (χ1v) is 6.35. The van der Waals surface area contributed by atoms with Crippen LogP contribution in [0.3, 0.4) is 0 Å². The van der Waals surface area contributed by atoms with Crippen LogP contribution in [0.15, 0.2) is 11.6 Å². The van der Waals surface area contributed by atoms with E-state index in [9.17, 15) is 4.79 Å². The van der Waals surface area contributed by atoms with Crippen molar-refractivity contribution < 1.29 is 9.90 Å². The van der Waals surface area contributed by atoms with E-state index in [1.807, 2.05) is 13.0 Å². The molecule has 0 aromatic carbocycles. The van der Waals surface area contributed by atoms with Crippen molar-refractivity contribution in [1.82, 2.24) is 9.80 Å². The Bertz CT molecular complexity index is 287. The number of rotatable bonds is 6. The van der Waals surface area contributed by atoms with Crippen molar-refractivity contribution in [2.75, 3.05) is 33.7 Å². The predicted octanol–water partition coefficient (Wildman–Crippen LogP) is 1.43. The lowest BCUT2D eigenvalue weighted by Crippen LogP contribution is -2.37. The topological polar surface area (TPSA) is 43.8 Å². The second-order valence-electron chi connectivity index (χ2n) is 4.94. The Morgan fingerprint density at radius 2 is 2.24 bits per heavy atom. The highest BCUT2D eigenvalue weighted by Crippen LogP contribution is 2.17. The molecule has 1 rings (SSSR count). The molecule has 1 unspecified atom stereocenters. The van der Waals surface area contributed by atoms with Crippen LogP contribution >= 0.6 is 0 Å². The molecule has 0 aromatic rings. The van der Waals surface area contributed by atoms with Crippen molar-refractivity contribution in [2.24, 2.45) is 0 Å². The van der Waals surface area contributed by atoms with Gasteiger partial charge in [0.05, 0.1) is 0 Å². The van der Waals surface area contributed by atoms with E-state index < -0.39 is 5.97 Å². The van der Waals surface area contributed by atoms with Crippen LogP contribution in [-0.4, -0.2) is 60.6 Å². The van der Waals surface area contributed by atoms with Crippen LogP contribution in [-0.2, 0) is 4.79 Å². The quantitative estimate of drug-likeness (QED) is 0.713. The fourth-order valence-corrected chi connectivity index (χ4v) is 2.37. The molecule has 1 aliphatic heterocycles. The van der Waals surface area contributed by atoms with Crippen LogP contribution in [0.25, 0.3) is 0 Å². The summed E-state index contributed by atoms with van der Waals surface area (Å²) in [7, 11) is 4.17. The van der Waals surface area contributed by atoms with Gasteiger partial charge in [0, 0.05) is 24.7 Å². The molecule has 0 radical (unpaired) electrons. The molecule has 0 bridgehead atoms. The highest BCUT2D eigenvalue weighted by Gasteiger charge is 2.23. The summed E-state index contributed by atoms with van der Waals surface area (Å²) in [6, 6.07) is 0.577. The fourth-order valence-electron chi connectivity index (χ4n) is 2.37. The van der Waals surface area contributed by atoms with Gasteiger partial charge in [-0.1, -0.05) is 13.0 Å². The first-order valence-electron chi connectivity index (χ1n) is 6.35. The molecule has 1 fully saturated rings. The van der Waals surface area contributed by atoms with Gasteiger partial charge in [0.15, 0.2) is 0 Å². The zero-order valence-corrected chi connectivity index (χ0v) is 11.1. The number of hydrogen-bond donors (Lipinski definition) is 1. The van der Waals surface area contributed by atoms with Gasteiger partial charge in [-0.05, 0) is 39.9 Å². The van der Waals surface area contributed by atoms with Crippen LogP contribution < -0.4 is 0 Å². The summed E-state index contributed by atoms with van der Waals surface area (Å²) in [5.41, 5.74) is 0.528. The lowest BCUT2D eigenvalue weighted by atomic mass is 10.2. The van der Waals surface area contributed by atoms with Gasteiger partial charge in [-0.15, -0.1) is 0 Å². The maximum atomic E-state index is 10.9. The molecule has 98 valence electrons. The first kappa shape index (κ1) is 14.2. The largest absolute Gasteiger partial charge is 0.478 e. The molecule has 1 N–H and O–H groups in total. The Kier molecular flexibility index (Phi) is 5.65. The number of hydrogen-bond acceptors (Lipinski definition) is 3. The number of aliphatic carboxylic acids is 1. The maximum absolute atomic E-state index is 10.9. The van der Waals surface area contributed by atoms with Gasteiger partial charge in [0.2, 0.25) is 0 Å². The maximum Gasteiger partial charge on any atom is 0.331 e.